The lowest BCUT2D eigenvalue weighted by molar-refractivity contribution is -0.144. The molecule has 0 saturated carbocycles. The predicted molar refractivity (Wildman–Crippen MR) is 120 cm³/mol. The standard InChI is InChI=1S/C24H23F3N6O2/c1-14-21(15(2)35-32-14)18-12-20(31-23(30-18)24(25,26)27)33-11-3-4-19(33)22(34)29-10-9-16-5-7-17(13-28)8-6-16/h5-8,12,19H,3-4,9-11H2,1-2H3,(H,29,34)/t19-/m0/s1. The van der Waals surface area contributed by atoms with Crippen LogP contribution in [0.4, 0.5) is 19.0 Å². The molecule has 1 saturated heterocycles. The van der Waals surface area contributed by atoms with Crippen LogP contribution in [0, 0.1) is 25.2 Å². The highest BCUT2D eigenvalue weighted by molar-refractivity contribution is 5.85. The number of rotatable bonds is 6. The number of amides is 1. The van der Waals surface area contributed by atoms with E-state index >= 15 is 0 Å². The van der Waals surface area contributed by atoms with Crippen molar-refractivity contribution in [1.82, 2.24) is 20.4 Å². The Morgan fingerprint density at radius 3 is 2.63 bits per heavy atom. The minimum absolute atomic E-state index is 0.0343. The van der Waals surface area contributed by atoms with Crippen molar-refractivity contribution in [2.24, 2.45) is 0 Å². The second-order valence-corrected chi connectivity index (χ2v) is 8.33. The molecular weight excluding hydrogens is 461 g/mol. The van der Waals surface area contributed by atoms with Crippen molar-refractivity contribution in [2.75, 3.05) is 18.0 Å². The van der Waals surface area contributed by atoms with Gasteiger partial charge in [0.1, 0.15) is 17.6 Å². The molecule has 0 unspecified atom stereocenters. The fourth-order valence-electron chi connectivity index (χ4n) is 4.19. The van der Waals surface area contributed by atoms with Crippen LogP contribution in [0.15, 0.2) is 34.9 Å². The Kier molecular flexibility index (Phi) is 6.73. The molecule has 8 nitrogen and oxygen atoms in total. The normalized spacial score (nSPS) is 15.8. The molecule has 3 aromatic rings. The van der Waals surface area contributed by atoms with E-state index in [1.165, 1.54) is 6.07 Å². The Hall–Kier alpha value is -3.94. The number of nitrogens with zero attached hydrogens (tertiary/aromatic N) is 5. The van der Waals surface area contributed by atoms with Gasteiger partial charge in [-0.05, 0) is 50.8 Å². The van der Waals surface area contributed by atoms with Crippen LogP contribution < -0.4 is 10.2 Å². The van der Waals surface area contributed by atoms with Gasteiger partial charge in [0.25, 0.3) is 0 Å². The maximum atomic E-state index is 13.6. The summed E-state index contributed by atoms with van der Waals surface area (Å²) in [5, 5.41) is 15.6. The first-order chi connectivity index (χ1) is 16.7. The summed E-state index contributed by atoms with van der Waals surface area (Å²) >= 11 is 0. The van der Waals surface area contributed by atoms with Gasteiger partial charge in [-0.3, -0.25) is 4.79 Å². The van der Waals surface area contributed by atoms with Crippen LogP contribution in [0.5, 0.6) is 0 Å². The van der Waals surface area contributed by atoms with Crippen molar-refractivity contribution in [2.45, 2.75) is 45.3 Å². The Morgan fingerprint density at radius 2 is 2.00 bits per heavy atom. The smallest absolute Gasteiger partial charge is 0.361 e. The summed E-state index contributed by atoms with van der Waals surface area (Å²) in [6.07, 6.45) is -3.07. The predicted octanol–water partition coefficient (Wildman–Crippen LogP) is 3.97. The monoisotopic (exact) mass is 484 g/mol. The van der Waals surface area contributed by atoms with Gasteiger partial charge in [0.05, 0.1) is 28.6 Å². The second kappa shape index (κ2) is 9.74. The van der Waals surface area contributed by atoms with Crippen LogP contribution >= 0.6 is 0 Å². The molecule has 1 aromatic carbocycles. The van der Waals surface area contributed by atoms with Crippen molar-refractivity contribution in [3.63, 3.8) is 0 Å². The topological polar surface area (TPSA) is 108 Å². The number of benzene rings is 1. The molecule has 182 valence electrons. The lowest BCUT2D eigenvalue weighted by atomic mass is 10.1. The SMILES string of the molecule is Cc1noc(C)c1-c1cc(N2CCC[C@H]2C(=O)NCCc2ccc(C#N)cc2)nc(C(F)(F)F)n1. The van der Waals surface area contributed by atoms with Gasteiger partial charge < -0.3 is 14.7 Å². The number of alkyl halides is 3. The molecule has 0 aliphatic carbocycles. The van der Waals surface area contributed by atoms with Gasteiger partial charge in [0, 0.05) is 19.2 Å². The van der Waals surface area contributed by atoms with E-state index in [9.17, 15) is 18.0 Å². The van der Waals surface area contributed by atoms with E-state index in [0.717, 1.165) is 5.56 Å². The van der Waals surface area contributed by atoms with Crippen molar-refractivity contribution in [3.05, 3.63) is 58.7 Å². The fourth-order valence-corrected chi connectivity index (χ4v) is 4.19. The summed E-state index contributed by atoms with van der Waals surface area (Å²) in [6, 6.07) is 9.91. The van der Waals surface area contributed by atoms with Gasteiger partial charge in [-0.1, -0.05) is 17.3 Å². The highest BCUT2D eigenvalue weighted by Crippen LogP contribution is 2.35. The van der Waals surface area contributed by atoms with Gasteiger partial charge in [-0.15, -0.1) is 0 Å². The number of nitrogens with one attached hydrogen (secondary N) is 1. The molecule has 1 aliphatic heterocycles. The van der Waals surface area contributed by atoms with E-state index in [0.29, 0.717) is 54.9 Å². The molecule has 35 heavy (non-hydrogen) atoms. The van der Waals surface area contributed by atoms with E-state index in [4.69, 9.17) is 9.78 Å². The Labute approximate surface area is 199 Å². The summed E-state index contributed by atoms with van der Waals surface area (Å²) in [6.45, 7) is 3.98. The zero-order valence-corrected chi connectivity index (χ0v) is 19.2. The lowest BCUT2D eigenvalue weighted by Crippen LogP contribution is -2.44. The van der Waals surface area contributed by atoms with E-state index in [-0.39, 0.29) is 17.4 Å². The van der Waals surface area contributed by atoms with E-state index < -0.39 is 18.0 Å². The lowest BCUT2D eigenvalue weighted by Gasteiger charge is -2.26. The number of hydrogen-bond acceptors (Lipinski definition) is 7. The van der Waals surface area contributed by atoms with Gasteiger partial charge in [0.2, 0.25) is 11.7 Å². The van der Waals surface area contributed by atoms with Gasteiger partial charge in [-0.2, -0.15) is 18.4 Å². The number of hydrogen-bond donors (Lipinski definition) is 1. The minimum Gasteiger partial charge on any atom is -0.361 e. The third kappa shape index (κ3) is 5.26. The van der Waals surface area contributed by atoms with E-state index in [1.807, 2.05) is 12.1 Å². The minimum atomic E-state index is -4.76. The molecule has 2 aromatic heterocycles. The molecule has 11 heteroatoms. The molecule has 3 heterocycles. The number of anilines is 1. The number of aromatic nitrogens is 3. The fraction of sp³-hybridized carbons (Fsp3) is 0.375. The quantitative estimate of drug-likeness (QED) is 0.564. The third-order valence-corrected chi connectivity index (χ3v) is 5.90. The first-order valence-electron chi connectivity index (χ1n) is 11.1. The first-order valence-corrected chi connectivity index (χ1v) is 11.1. The zero-order chi connectivity index (χ0) is 25.2. The largest absolute Gasteiger partial charge is 0.451 e. The Morgan fingerprint density at radius 1 is 1.26 bits per heavy atom. The number of nitriles is 1. The highest BCUT2D eigenvalue weighted by atomic mass is 19.4. The van der Waals surface area contributed by atoms with E-state index in [1.54, 1.807) is 30.9 Å². The van der Waals surface area contributed by atoms with Crippen LogP contribution in [0.1, 0.15) is 41.2 Å². The second-order valence-electron chi connectivity index (χ2n) is 8.33. The van der Waals surface area contributed by atoms with Crippen LogP contribution in [-0.4, -0.2) is 40.2 Å². The molecule has 0 bridgehead atoms. The molecule has 4 rings (SSSR count). The molecule has 0 radical (unpaired) electrons. The summed E-state index contributed by atoms with van der Waals surface area (Å²) in [5.41, 5.74) is 2.35. The van der Waals surface area contributed by atoms with Crippen molar-refractivity contribution in [3.8, 4) is 17.3 Å². The number of carbonyl (C=O) groups is 1. The summed E-state index contributed by atoms with van der Waals surface area (Å²) in [5.74, 6) is -1.18. The van der Waals surface area contributed by atoms with Crippen molar-refractivity contribution >= 4 is 11.7 Å². The summed E-state index contributed by atoms with van der Waals surface area (Å²) in [4.78, 5) is 22.0. The molecule has 1 aliphatic rings. The number of halogens is 3. The van der Waals surface area contributed by atoms with Gasteiger partial charge in [0.15, 0.2) is 0 Å². The Bertz CT molecular complexity index is 1240. The van der Waals surface area contributed by atoms with E-state index in [2.05, 4.69) is 26.5 Å². The molecular formula is C24H23F3N6O2. The average molecular weight is 484 g/mol. The van der Waals surface area contributed by atoms with Gasteiger partial charge >= 0.3 is 6.18 Å². The van der Waals surface area contributed by atoms with Crippen LogP contribution in [0.2, 0.25) is 0 Å². The highest BCUT2D eigenvalue weighted by Gasteiger charge is 2.38. The van der Waals surface area contributed by atoms with Gasteiger partial charge in [-0.25, -0.2) is 9.97 Å². The maximum Gasteiger partial charge on any atom is 0.451 e. The summed E-state index contributed by atoms with van der Waals surface area (Å²) < 4.78 is 46.0. The summed E-state index contributed by atoms with van der Waals surface area (Å²) in [7, 11) is 0. The third-order valence-electron chi connectivity index (χ3n) is 5.90. The van der Waals surface area contributed by atoms with Crippen molar-refractivity contribution in [1.29, 1.82) is 5.26 Å². The Balaban J connectivity index is 1.54. The maximum absolute atomic E-state index is 13.6. The molecule has 1 atom stereocenters. The van der Waals surface area contributed by atoms with Crippen molar-refractivity contribution < 1.29 is 22.5 Å². The zero-order valence-electron chi connectivity index (χ0n) is 19.2. The molecule has 1 N–H and O–H groups in total. The van der Waals surface area contributed by atoms with Crippen LogP contribution in [-0.2, 0) is 17.4 Å². The van der Waals surface area contributed by atoms with Crippen LogP contribution in [0.3, 0.4) is 0 Å². The number of aryl methyl sites for hydroxylation is 2. The number of carbonyl (C=O) groups excluding carboxylic acids is 1. The molecule has 0 spiro atoms. The molecule has 1 amide bonds. The average Bonchev–Trinajstić information content (AvgIpc) is 3.45. The van der Waals surface area contributed by atoms with Crippen LogP contribution in [0.25, 0.3) is 11.3 Å². The molecule has 1 fully saturated rings. The first kappa shape index (κ1) is 24.2.